The number of thiocarbonyl (C=S) groups is 1. The Labute approximate surface area is 160 Å². The second kappa shape index (κ2) is 9.69. The SMILES string of the molecule is CCCCC#Cc1cc(F)c(C#Cc2cc(F)c(N=C=S)c(F)c2)c(F)c1. The molecule has 136 valence electrons. The van der Waals surface area contributed by atoms with Gasteiger partial charge in [-0.05, 0) is 42.9 Å². The van der Waals surface area contributed by atoms with Gasteiger partial charge < -0.3 is 0 Å². The van der Waals surface area contributed by atoms with Gasteiger partial charge in [0, 0.05) is 17.5 Å². The second-order valence-electron chi connectivity index (χ2n) is 5.46. The number of isothiocyanates is 1. The van der Waals surface area contributed by atoms with Crippen LogP contribution in [0.25, 0.3) is 0 Å². The van der Waals surface area contributed by atoms with E-state index in [0.717, 1.165) is 37.1 Å². The first-order chi connectivity index (χ1) is 13.0. The standard InChI is InChI=1S/C21H13F4NS/c1-2-3-4-5-6-14-9-17(22)16(18(23)10-14)8-7-15-11-19(24)21(26-13-27)20(25)12-15/h9-12H,2-4H2,1H3. The Hall–Kier alpha value is -2.92. The molecule has 0 aliphatic carbocycles. The smallest absolute Gasteiger partial charge is 0.153 e. The maximum Gasteiger partial charge on any atom is 0.153 e. The largest absolute Gasteiger partial charge is 0.205 e. The third-order valence-corrected chi connectivity index (χ3v) is 3.53. The van der Waals surface area contributed by atoms with Crippen LogP contribution < -0.4 is 0 Å². The Morgan fingerprint density at radius 1 is 0.852 bits per heavy atom. The molecule has 0 N–H and O–H groups in total. The Kier molecular flexibility index (Phi) is 7.32. The predicted octanol–water partition coefficient (Wildman–Crippen LogP) is 5.92. The number of unbranched alkanes of at least 4 members (excludes halogenated alkanes) is 2. The van der Waals surface area contributed by atoms with E-state index in [4.69, 9.17) is 0 Å². The van der Waals surface area contributed by atoms with Crippen molar-refractivity contribution < 1.29 is 17.6 Å². The summed E-state index contributed by atoms with van der Waals surface area (Å²) in [4.78, 5) is 3.27. The van der Waals surface area contributed by atoms with Gasteiger partial charge in [-0.15, -0.1) is 0 Å². The lowest BCUT2D eigenvalue weighted by atomic mass is 10.1. The molecule has 0 aliphatic rings. The van der Waals surface area contributed by atoms with Crippen LogP contribution in [0.15, 0.2) is 29.3 Å². The van der Waals surface area contributed by atoms with Crippen LogP contribution in [0.2, 0.25) is 0 Å². The van der Waals surface area contributed by atoms with Crippen LogP contribution in [-0.2, 0) is 0 Å². The highest BCUT2D eigenvalue weighted by Gasteiger charge is 2.11. The molecule has 2 rings (SSSR count). The van der Waals surface area contributed by atoms with Gasteiger partial charge in [-0.2, -0.15) is 4.99 Å². The van der Waals surface area contributed by atoms with E-state index in [1.165, 1.54) is 0 Å². The minimum absolute atomic E-state index is 0.101. The molecule has 0 saturated heterocycles. The van der Waals surface area contributed by atoms with Crippen molar-refractivity contribution in [1.82, 2.24) is 0 Å². The fourth-order valence-corrected chi connectivity index (χ4v) is 2.21. The van der Waals surface area contributed by atoms with E-state index >= 15 is 0 Å². The molecule has 0 heterocycles. The second-order valence-corrected chi connectivity index (χ2v) is 5.64. The van der Waals surface area contributed by atoms with Gasteiger partial charge in [0.05, 0.1) is 10.7 Å². The highest BCUT2D eigenvalue weighted by molar-refractivity contribution is 7.78. The first-order valence-corrected chi connectivity index (χ1v) is 8.44. The van der Waals surface area contributed by atoms with Crippen molar-refractivity contribution in [3.05, 3.63) is 64.2 Å². The zero-order chi connectivity index (χ0) is 19.8. The van der Waals surface area contributed by atoms with Crippen molar-refractivity contribution in [3.8, 4) is 23.7 Å². The van der Waals surface area contributed by atoms with Crippen LogP contribution in [0.5, 0.6) is 0 Å². The topological polar surface area (TPSA) is 12.4 Å². The molecular formula is C21H13F4NS. The van der Waals surface area contributed by atoms with Gasteiger partial charge in [0.15, 0.2) is 11.6 Å². The van der Waals surface area contributed by atoms with E-state index < -0.39 is 34.5 Å². The number of aliphatic imine (C=N–C) groups is 1. The van der Waals surface area contributed by atoms with Crippen molar-refractivity contribution in [3.63, 3.8) is 0 Å². The van der Waals surface area contributed by atoms with Gasteiger partial charge in [0.25, 0.3) is 0 Å². The normalized spacial score (nSPS) is 9.52. The molecule has 27 heavy (non-hydrogen) atoms. The number of benzene rings is 2. The lowest BCUT2D eigenvalue weighted by molar-refractivity contribution is 0.577. The maximum absolute atomic E-state index is 14.1. The molecule has 1 nitrogen and oxygen atoms in total. The number of hydrogen-bond acceptors (Lipinski definition) is 2. The highest BCUT2D eigenvalue weighted by atomic mass is 32.1. The molecule has 6 heteroatoms. The average molecular weight is 387 g/mol. The van der Waals surface area contributed by atoms with E-state index in [2.05, 4.69) is 40.9 Å². The Balaban J connectivity index is 2.34. The monoisotopic (exact) mass is 387 g/mol. The molecule has 0 atom stereocenters. The van der Waals surface area contributed by atoms with Gasteiger partial charge in [0.1, 0.15) is 17.3 Å². The van der Waals surface area contributed by atoms with Gasteiger partial charge in [-0.1, -0.05) is 37.0 Å². The van der Waals surface area contributed by atoms with E-state index in [1.807, 2.05) is 12.1 Å². The fraction of sp³-hybridized carbons (Fsp3) is 0.190. The van der Waals surface area contributed by atoms with Crippen molar-refractivity contribution in [1.29, 1.82) is 0 Å². The average Bonchev–Trinajstić information content (AvgIpc) is 2.61. The summed E-state index contributed by atoms with van der Waals surface area (Å²) in [7, 11) is 0. The Morgan fingerprint density at radius 2 is 1.41 bits per heavy atom. The minimum Gasteiger partial charge on any atom is -0.205 e. The third kappa shape index (κ3) is 5.53. The lowest BCUT2D eigenvalue weighted by Gasteiger charge is -2.00. The van der Waals surface area contributed by atoms with Crippen molar-refractivity contribution >= 4 is 23.1 Å². The molecule has 0 fully saturated rings. The summed E-state index contributed by atoms with van der Waals surface area (Å²) in [6.07, 6.45) is 2.52. The summed E-state index contributed by atoms with van der Waals surface area (Å²) >= 11 is 4.31. The number of nitrogens with zero attached hydrogens (tertiary/aromatic N) is 1. The van der Waals surface area contributed by atoms with Gasteiger partial charge in [-0.25, -0.2) is 17.6 Å². The van der Waals surface area contributed by atoms with E-state index in [9.17, 15) is 17.6 Å². The Bertz CT molecular complexity index is 986. The predicted molar refractivity (Wildman–Crippen MR) is 99.8 cm³/mol. The fourth-order valence-electron chi connectivity index (χ4n) is 2.12. The minimum atomic E-state index is -1.00. The van der Waals surface area contributed by atoms with Crippen LogP contribution in [0, 0.1) is 47.0 Å². The molecule has 0 radical (unpaired) electrons. The summed E-state index contributed by atoms with van der Waals surface area (Å²) < 4.78 is 55.8. The Morgan fingerprint density at radius 3 is 1.96 bits per heavy atom. The highest BCUT2D eigenvalue weighted by Crippen LogP contribution is 2.23. The summed E-state index contributed by atoms with van der Waals surface area (Å²) in [6, 6.07) is 3.94. The third-order valence-electron chi connectivity index (χ3n) is 3.44. The number of rotatable bonds is 3. The van der Waals surface area contributed by atoms with Gasteiger partial charge in [0.2, 0.25) is 0 Å². The van der Waals surface area contributed by atoms with Crippen LogP contribution in [0.4, 0.5) is 23.2 Å². The molecule has 0 aliphatic heterocycles. The molecular weight excluding hydrogens is 374 g/mol. The molecule has 0 spiro atoms. The lowest BCUT2D eigenvalue weighted by Crippen LogP contribution is -1.93. The molecule has 0 aromatic heterocycles. The van der Waals surface area contributed by atoms with Crippen LogP contribution in [0.3, 0.4) is 0 Å². The van der Waals surface area contributed by atoms with Crippen molar-refractivity contribution in [2.45, 2.75) is 26.2 Å². The zero-order valence-electron chi connectivity index (χ0n) is 14.3. The zero-order valence-corrected chi connectivity index (χ0v) is 15.1. The number of hydrogen-bond donors (Lipinski definition) is 0. The van der Waals surface area contributed by atoms with E-state index in [0.29, 0.717) is 6.42 Å². The maximum atomic E-state index is 14.1. The van der Waals surface area contributed by atoms with Crippen LogP contribution in [-0.4, -0.2) is 5.16 Å². The molecule has 0 unspecified atom stereocenters. The molecule has 2 aromatic rings. The summed E-state index contributed by atoms with van der Waals surface area (Å²) in [5.74, 6) is 6.32. The number of halogens is 4. The van der Waals surface area contributed by atoms with Crippen molar-refractivity contribution in [2.75, 3.05) is 0 Å². The van der Waals surface area contributed by atoms with Crippen LogP contribution in [0.1, 0.15) is 42.9 Å². The summed E-state index contributed by atoms with van der Waals surface area (Å²) in [5.41, 5.74) is -1.00. The van der Waals surface area contributed by atoms with Gasteiger partial charge >= 0.3 is 0 Å². The van der Waals surface area contributed by atoms with E-state index in [-0.39, 0.29) is 11.1 Å². The van der Waals surface area contributed by atoms with Crippen molar-refractivity contribution in [2.24, 2.45) is 4.99 Å². The molecule has 0 saturated carbocycles. The van der Waals surface area contributed by atoms with Gasteiger partial charge in [-0.3, -0.25) is 0 Å². The molecule has 0 bridgehead atoms. The quantitative estimate of drug-likeness (QED) is 0.209. The summed E-state index contributed by atoms with van der Waals surface area (Å²) in [6.45, 7) is 2.02. The first-order valence-electron chi connectivity index (χ1n) is 8.03. The molecule has 0 amide bonds. The van der Waals surface area contributed by atoms with Crippen LogP contribution >= 0.6 is 12.2 Å². The summed E-state index contributed by atoms with van der Waals surface area (Å²) in [5, 5.41) is 1.87. The first kappa shape index (κ1) is 20.4. The van der Waals surface area contributed by atoms with E-state index in [1.54, 1.807) is 0 Å². The molecule has 2 aromatic carbocycles.